The maximum Gasteiger partial charge on any atom is 0.319 e. The molecular formula is C18H24N4OS. The molecule has 1 aromatic heterocycles. The lowest BCUT2D eigenvalue weighted by Gasteiger charge is -2.21. The largest absolute Gasteiger partial charge is 0.370 e. The van der Waals surface area contributed by atoms with E-state index in [-0.39, 0.29) is 11.9 Å². The lowest BCUT2D eigenvalue weighted by Crippen LogP contribution is -2.32. The van der Waals surface area contributed by atoms with Crippen LogP contribution in [0, 0.1) is 6.92 Å². The molecule has 2 heterocycles. The number of carbonyl (C=O) groups is 1. The van der Waals surface area contributed by atoms with E-state index in [0.717, 1.165) is 35.2 Å². The summed E-state index contributed by atoms with van der Waals surface area (Å²) >= 11 is 1.64. The van der Waals surface area contributed by atoms with Crippen LogP contribution in [0.4, 0.5) is 16.2 Å². The van der Waals surface area contributed by atoms with Gasteiger partial charge >= 0.3 is 6.03 Å². The van der Waals surface area contributed by atoms with Crippen LogP contribution in [0.2, 0.25) is 0 Å². The van der Waals surface area contributed by atoms with E-state index in [9.17, 15) is 4.79 Å². The summed E-state index contributed by atoms with van der Waals surface area (Å²) in [5.74, 6) is 0.211. The minimum absolute atomic E-state index is 0.165. The topological polar surface area (TPSA) is 57.3 Å². The second-order valence-corrected chi connectivity index (χ2v) is 7.16. The maximum atomic E-state index is 12.3. The fraction of sp³-hybridized carbons (Fsp3) is 0.444. The molecule has 0 aliphatic carbocycles. The molecule has 2 N–H and O–H groups in total. The Hall–Kier alpha value is -2.08. The van der Waals surface area contributed by atoms with Gasteiger partial charge < -0.3 is 15.5 Å². The smallest absolute Gasteiger partial charge is 0.319 e. The average molecular weight is 344 g/mol. The summed E-state index contributed by atoms with van der Waals surface area (Å²) in [6.45, 7) is 6.75. The number of nitrogens with zero attached hydrogens (tertiary/aromatic N) is 2. The molecule has 3 rings (SSSR count). The van der Waals surface area contributed by atoms with Gasteiger partial charge in [0.1, 0.15) is 0 Å². The molecule has 1 aliphatic heterocycles. The summed E-state index contributed by atoms with van der Waals surface area (Å²) in [7, 11) is 0. The van der Waals surface area contributed by atoms with Crippen molar-refractivity contribution in [3.63, 3.8) is 0 Å². The van der Waals surface area contributed by atoms with E-state index < -0.39 is 0 Å². The minimum atomic E-state index is -0.165. The second kappa shape index (κ2) is 7.66. The van der Waals surface area contributed by atoms with Gasteiger partial charge in [-0.3, -0.25) is 0 Å². The summed E-state index contributed by atoms with van der Waals surface area (Å²) < 4.78 is 0. The number of para-hydroxylation sites is 2. The Labute approximate surface area is 147 Å². The number of thiazole rings is 1. The van der Waals surface area contributed by atoms with Gasteiger partial charge in [0.2, 0.25) is 0 Å². The summed E-state index contributed by atoms with van der Waals surface area (Å²) in [4.78, 5) is 19.1. The van der Waals surface area contributed by atoms with Crippen molar-refractivity contribution < 1.29 is 4.79 Å². The summed E-state index contributed by atoms with van der Waals surface area (Å²) in [6.07, 6.45) is 2.43. The molecule has 0 radical (unpaired) electrons. The van der Waals surface area contributed by atoms with Crippen LogP contribution in [0.15, 0.2) is 29.6 Å². The normalized spacial score (nSPS) is 15.3. The Bertz CT molecular complexity index is 694. The first kappa shape index (κ1) is 16.8. The van der Waals surface area contributed by atoms with Gasteiger partial charge in [-0.15, -0.1) is 11.3 Å². The third-order valence-corrected chi connectivity index (χ3v) is 5.42. The average Bonchev–Trinajstić information content (AvgIpc) is 3.25. The molecule has 0 bridgehead atoms. The molecule has 0 saturated carbocycles. The van der Waals surface area contributed by atoms with Gasteiger partial charge in [-0.2, -0.15) is 0 Å². The van der Waals surface area contributed by atoms with Crippen molar-refractivity contribution in [3.8, 4) is 0 Å². The van der Waals surface area contributed by atoms with Gasteiger partial charge in [-0.1, -0.05) is 19.1 Å². The number of aryl methyl sites for hydroxylation is 1. The van der Waals surface area contributed by atoms with Crippen LogP contribution in [0.1, 0.15) is 36.4 Å². The molecular weight excluding hydrogens is 320 g/mol. The van der Waals surface area contributed by atoms with E-state index in [1.165, 1.54) is 12.8 Å². The first-order chi connectivity index (χ1) is 11.6. The molecule has 2 amide bonds. The fourth-order valence-electron chi connectivity index (χ4n) is 2.91. The van der Waals surface area contributed by atoms with E-state index in [4.69, 9.17) is 0 Å². The number of carbonyl (C=O) groups excluding carboxylic acids is 1. The van der Waals surface area contributed by atoms with Gasteiger partial charge in [-0.25, -0.2) is 9.78 Å². The molecule has 1 saturated heterocycles. The van der Waals surface area contributed by atoms with E-state index in [1.807, 2.05) is 30.5 Å². The highest BCUT2D eigenvalue weighted by Gasteiger charge is 2.17. The van der Waals surface area contributed by atoms with Gasteiger partial charge in [0, 0.05) is 36.6 Å². The van der Waals surface area contributed by atoms with Crippen molar-refractivity contribution in [2.24, 2.45) is 0 Å². The van der Waals surface area contributed by atoms with E-state index in [0.29, 0.717) is 6.54 Å². The predicted octanol–water partition coefficient (Wildman–Crippen LogP) is 3.98. The van der Waals surface area contributed by atoms with Crippen LogP contribution >= 0.6 is 11.3 Å². The molecule has 5 nitrogen and oxygen atoms in total. The monoisotopic (exact) mass is 344 g/mol. The predicted molar refractivity (Wildman–Crippen MR) is 100 cm³/mol. The Kier molecular flexibility index (Phi) is 5.35. The molecule has 24 heavy (non-hydrogen) atoms. The molecule has 1 aromatic carbocycles. The SMILES string of the molecule is Cc1csc([C@H](C)CNC(=O)Nc2ccccc2N2CCCC2)n1. The fourth-order valence-corrected chi connectivity index (χ4v) is 3.77. The summed E-state index contributed by atoms with van der Waals surface area (Å²) in [5, 5.41) is 9.05. The Balaban J connectivity index is 1.57. The van der Waals surface area contributed by atoms with Crippen LogP contribution in [-0.2, 0) is 0 Å². The number of benzene rings is 1. The van der Waals surface area contributed by atoms with Crippen molar-refractivity contribution in [1.82, 2.24) is 10.3 Å². The van der Waals surface area contributed by atoms with Gasteiger partial charge in [0.05, 0.1) is 16.4 Å². The lowest BCUT2D eigenvalue weighted by atomic mass is 10.2. The molecule has 128 valence electrons. The molecule has 0 unspecified atom stereocenters. The van der Waals surface area contributed by atoms with Crippen molar-refractivity contribution in [1.29, 1.82) is 0 Å². The molecule has 1 fully saturated rings. The van der Waals surface area contributed by atoms with E-state index in [1.54, 1.807) is 11.3 Å². The van der Waals surface area contributed by atoms with Crippen LogP contribution in [-0.4, -0.2) is 30.6 Å². The zero-order valence-corrected chi connectivity index (χ0v) is 15.0. The summed E-state index contributed by atoms with van der Waals surface area (Å²) in [6, 6.07) is 7.84. The number of aromatic nitrogens is 1. The minimum Gasteiger partial charge on any atom is -0.370 e. The molecule has 1 aliphatic rings. The van der Waals surface area contributed by atoms with Crippen molar-refractivity contribution in [3.05, 3.63) is 40.3 Å². The lowest BCUT2D eigenvalue weighted by molar-refractivity contribution is 0.251. The highest BCUT2D eigenvalue weighted by molar-refractivity contribution is 7.09. The standard InChI is InChI=1S/C18H24N4OS/c1-13(17-20-14(2)12-24-17)11-19-18(23)21-15-7-3-4-8-16(15)22-9-5-6-10-22/h3-4,7-8,12-13H,5-6,9-11H2,1-2H3,(H2,19,21,23)/t13-/m1/s1. The van der Waals surface area contributed by atoms with Crippen molar-refractivity contribution in [2.75, 3.05) is 29.9 Å². The molecule has 0 spiro atoms. The third kappa shape index (κ3) is 4.06. The number of urea groups is 1. The first-order valence-electron chi connectivity index (χ1n) is 8.44. The number of nitrogens with one attached hydrogen (secondary N) is 2. The van der Waals surface area contributed by atoms with Gasteiger partial charge in [0.25, 0.3) is 0 Å². The quantitative estimate of drug-likeness (QED) is 0.863. The third-order valence-electron chi connectivity index (χ3n) is 4.23. The molecule has 6 heteroatoms. The van der Waals surface area contributed by atoms with Gasteiger partial charge in [0.15, 0.2) is 0 Å². The number of rotatable bonds is 5. The Morgan fingerprint density at radius 1 is 1.33 bits per heavy atom. The number of hydrogen-bond donors (Lipinski definition) is 2. The zero-order chi connectivity index (χ0) is 16.9. The molecule has 1 atom stereocenters. The van der Waals surface area contributed by atoms with Gasteiger partial charge in [-0.05, 0) is 31.9 Å². The zero-order valence-electron chi connectivity index (χ0n) is 14.2. The second-order valence-electron chi connectivity index (χ2n) is 6.27. The maximum absolute atomic E-state index is 12.3. The van der Waals surface area contributed by atoms with Crippen molar-refractivity contribution >= 4 is 28.7 Å². The molecule has 2 aromatic rings. The number of anilines is 2. The van der Waals surface area contributed by atoms with Crippen molar-refractivity contribution in [2.45, 2.75) is 32.6 Å². The van der Waals surface area contributed by atoms with Crippen LogP contribution < -0.4 is 15.5 Å². The Morgan fingerprint density at radius 3 is 2.79 bits per heavy atom. The highest BCUT2D eigenvalue weighted by Crippen LogP contribution is 2.28. The summed E-state index contributed by atoms with van der Waals surface area (Å²) in [5.41, 5.74) is 3.01. The first-order valence-corrected chi connectivity index (χ1v) is 9.32. The van der Waals surface area contributed by atoms with E-state index in [2.05, 4.69) is 33.5 Å². The Morgan fingerprint density at radius 2 is 2.08 bits per heavy atom. The van der Waals surface area contributed by atoms with Crippen LogP contribution in [0.3, 0.4) is 0 Å². The van der Waals surface area contributed by atoms with E-state index >= 15 is 0 Å². The highest BCUT2D eigenvalue weighted by atomic mass is 32.1. The van der Waals surface area contributed by atoms with Crippen LogP contribution in [0.5, 0.6) is 0 Å². The number of amides is 2. The number of hydrogen-bond acceptors (Lipinski definition) is 4. The van der Waals surface area contributed by atoms with Crippen LogP contribution in [0.25, 0.3) is 0 Å².